The van der Waals surface area contributed by atoms with Crippen LogP contribution in [0.4, 0.5) is 0 Å². The van der Waals surface area contributed by atoms with Crippen LogP contribution in [0.2, 0.25) is 0 Å². The lowest BCUT2D eigenvalue weighted by Crippen LogP contribution is -2.14. The summed E-state index contributed by atoms with van der Waals surface area (Å²) >= 11 is 0. The van der Waals surface area contributed by atoms with Gasteiger partial charge in [-0.25, -0.2) is 4.68 Å². The standard InChI is InChI=1S/C18H14N2O.C2H6/c1-12-11-13-7-5-6-10-15(13)17-16(12)18(21)20(19-17)14-8-3-2-4-9-14;1-2/h2-11,19H,1H3;1-2H3. The van der Waals surface area contributed by atoms with E-state index < -0.39 is 0 Å². The molecule has 3 nitrogen and oxygen atoms in total. The molecule has 4 rings (SSSR count). The topological polar surface area (TPSA) is 37.8 Å². The summed E-state index contributed by atoms with van der Waals surface area (Å²) in [6.07, 6.45) is 0. The van der Waals surface area contributed by atoms with Crippen LogP contribution in [0.1, 0.15) is 19.4 Å². The monoisotopic (exact) mass is 304 g/mol. The average molecular weight is 304 g/mol. The van der Waals surface area contributed by atoms with Crippen molar-refractivity contribution in [2.75, 3.05) is 0 Å². The fraction of sp³-hybridized carbons (Fsp3) is 0.150. The van der Waals surface area contributed by atoms with Gasteiger partial charge in [0, 0.05) is 5.39 Å². The lowest BCUT2D eigenvalue weighted by atomic mass is 10.0. The highest BCUT2D eigenvalue weighted by Gasteiger charge is 2.13. The molecule has 0 atom stereocenters. The SMILES string of the molecule is CC.Cc1cc2ccccc2c2[nH]n(-c3ccccc3)c(=O)c12. The Hall–Kier alpha value is -2.81. The Morgan fingerprint density at radius 3 is 2.30 bits per heavy atom. The number of hydrogen-bond acceptors (Lipinski definition) is 1. The molecular formula is C20H20N2O. The minimum absolute atomic E-state index is 0.000506. The Bertz CT molecular complexity index is 1010. The molecule has 0 bridgehead atoms. The molecule has 0 spiro atoms. The summed E-state index contributed by atoms with van der Waals surface area (Å²) in [5, 5.41) is 6.25. The van der Waals surface area contributed by atoms with Crippen LogP contribution in [0.25, 0.3) is 27.4 Å². The number of para-hydroxylation sites is 1. The summed E-state index contributed by atoms with van der Waals surface area (Å²) < 4.78 is 1.62. The van der Waals surface area contributed by atoms with E-state index in [0.29, 0.717) is 0 Å². The zero-order valence-electron chi connectivity index (χ0n) is 13.6. The lowest BCUT2D eigenvalue weighted by molar-refractivity contribution is 0.864. The van der Waals surface area contributed by atoms with Crippen LogP contribution >= 0.6 is 0 Å². The normalized spacial score (nSPS) is 10.6. The van der Waals surface area contributed by atoms with E-state index in [0.717, 1.165) is 32.9 Å². The molecule has 3 heteroatoms. The van der Waals surface area contributed by atoms with Crippen LogP contribution < -0.4 is 5.56 Å². The van der Waals surface area contributed by atoms with Crippen LogP contribution in [0.5, 0.6) is 0 Å². The van der Waals surface area contributed by atoms with Gasteiger partial charge in [0.25, 0.3) is 5.56 Å². The van der Waals surface area contributed by atoms with Crippen LogP contribution in [-0.2, 0) is 0 Å². The van der Waals surface area contributed by atoms with E-state index in [1.165, 1.54) is 0 Å². The molecule has 0 aliphatic carbocycles. The van der Waals surface area contributed by atoms with Gasteiger partial charge in [0.05, 0.1) is 16.6 Å². The van der Waals surface area contributed by atoms with Crippen molar-refractivity contribution >= 4 is 21.7 Å². The van der Waals surface area contributed by atoms with Crippen molar-refractivity contribution in [1.29, 1.82) is 0 Å². The van der Waals surface area contributed by atoms with Crippen molar-refractivity contribution in [2.45, 2.75) is 20.8 Å². The summed E-state index contributed by atoms with van der Waals surface area (Å²) in [6.45, 7) is 5.99. The van der Waals surface area contributed by atoms with Gasteiger partial charge in [0.2, 0.25) is 0 Å². The number of aromatic amines is 1. The Labute approximate surface area is 135 Å². The highest BCUT2D eigenvalue weighted by molar-refractivity contribution is 6.06. The predicted octanol–water partition coefficient (Wildman–Crippen LogP) is 4.81. The van der Waals surface area contributed by atoms with Crippen molar-refractivity contribution in [2.24, 2.45) is 0 Å². The molecule has 116 valence electrons. The van der Waals surface area contributed by atoms with Gasteiger partial charge in [0.1, 0.15) is 0 Å². The molecule has 0 amide bonds. The maximum absolute atomic E-state index is 12.7. The van der Waals surface area contributed by atoms with Crippen LogP contribution in [0.3, 0.4) is 0 Å². The first-order valence-electron chi connectivity index (χ1n) is 7.94. The first kappa shape index (κ1) is 15.1. The smallest absolute Gasteiger partial charge is 0.279 e. The summed E-state index contributed by atoms with van der Waals surface area (Å²) in [5.74, 6) is 0. The number of fused-ring (bicyclic) bond motifs is 3. The first-order chi connectivity index (χ1) is 11.3. The van der Waals surface area contributed by atoms with Gasteiger partial charge in [-0.15, -0.1) is 0 Å². The second-order valence-electron chi connectivity index (χ2n) is 5.25. The molecule has 1 aromatic heterocycles. The second-order valence-corrected chi connectivity index (χ2v) is 5.25. The van der Waals surface area contributed by atoms with E-state index in [1.54, 1.807) is 4.68 Å². The van der Waals surface area contributed by atoms with Crippen LogP contribution in [0.15, 0.2) is 65.5 Å². The molecule has 4 aromatic rings. The second kappa shape index (κ2) is 6.13. The third-order valence-electron chi connectivity index (χ3n) is 3.90. The summed E-state index contributed by atoms with van der Waals surface area (Å²) in [5.41, 5.74) is 2.75. The van der Waals surface area contributed by atoms with Gasteiger partial charge in [-0.1, -0.05) is 62.4 Å². The molecular weight excluding hydrogens is 284 g/mol. The number of aromatic nitrogens is 2. The third kappa shape index (κ3) is 2.44. The van der Waals surface area contributed by atoms with E-state index in [4.69, 9.17) is 0 Å². The van der Waals surface area contributed by atoms with Crippen molar-refractivity contribution in [3.8, 4) is 5.69 Å². The maximum Gasteiger partial charge on any atom is 0.279 e. The molecule has 1 N–H and O–H groups in total. The highest BCUT2D eigenvalue weighted by atomic mass is 16.1. The molecule has 0 aliphatic rings. The van der Waals surface area contributed by atoms with Gasteiger partial charge in [0.15, 0.2) is 0 Å². The number of nitrogens with one attached hydrogen (secondary N) is 1. The van der Waals surface area contributed by atoms with Crippen LogP contribution in [0, 0.1) is 6.92 Å². The summed E-state index contributed by atoms with van der Waals surface area (Å²) in [4.78, 5) is 12.7. The molecule has 0 radical (unpaired) electrons. The number of hydrogen-bond donors (Lipinski definition) is 1. The van der Waals surface area contributed by atoms with Crippen molar-refractivity contribution in [3.63, 3.8) is 0 Å². The molecule has 1 heterocycles. The van der Waals surface area contributed by atoms with Crippen molar-refractivity contribution in [3.05, 3.63) is 76.6 Å². The largest absolute Gasteiger partial charge is 0.290 e. The molecule has 0 saturated carbocycles. The Kier molecular flexibility index (Phi) is 4.02. The molecule has 0 saturated heterocycles. The highest BCUT2D eigenvalue weighted by Crippen LogP contribution is 2.25. The van der Waals surface area contributed by atoms with Gasteiger partial charge < -0.3 is 0 Å². The molecule has 3 aromatic carbocycles. The number of rotatable bonds is 1. The average Bonchev–Trinajstić information content (AvgIpc) is 2.96. The van der Waals surface area contributed by atoms with E-state index in [1.807, 2.05) is 69.3 Å². The molecule has 23 heavy (non-hydrogen) atoms. The van der Waals surface area contributed by atoms with Gasteiger partial charge in [-0.3, -0.25) is 9.89 Å². The zero-order valence-corrected chi connectivity index (χ0v) is 13.6. The van der Waals surface area contributed by atoms with Gasteiger partial charge >= 0.3 is 0 Å². The number of benzene rings is 3. The quantitative estimate of drug-likeness (QED) is 0.538. The summed E-state index contributed by atoms with van der Waals surface area (Å²) in [7, 11) is 0. The first-order valence-corrected chi connectivity index (χ1v) is 7.94. The predicted molar refractivity (Wildman–Crippen MR) is 97.5 cm³/mol. The molecule has 0 aliphatic heterocycles. The fourth-order valence-corrected chi connectivity index (χ4v) is 2.91. The van der Waals surface area contributed by atoms with Gasteiger partial charge in [-0.05, 0) is 30.0 Å². The summed E-state index contributed by atoms with van der Waals surface area (Å²) in [6, 6.07) is 19.8. The number of aryl methyl sites for hydroxylation is 1. The molecule has 0 unspecified atom stereocenters. The van der Waals surface area contributed by atoms with Crippen molar-refractivity contribution in [1.82, 2.24) is 9.78 Å². The van der Waals surface area contributed by atoms with Crippen molar-refractivity contribution < 1.29 is 0 Å². The number of nitrogens with zero attached hydrogens (tertiary/aromatic N) is 1. The minimum atomic E-state index is -0.000506. The van der Waals surface area contributed by atoms with E-state index in [-0.39, 0.29) is 5.56 Å². The minimum Gasteiger partial charge on any atom is -0.290 e. The Balaban J connectivity index is 0.000000753. The maximum atomic E-state index is 12.7. The third-order valence-corrected chi connectivity index (χ3v) is 3.90. The Morgan fingerprint density at radius 1 is 0.913 bits per heavy atom. The van der Waals surface area contributed by atoms with Gasteiger partial charge in [-0.2, -0.15) is 0 Å². The van der Waals surface area contributed by atoms with Crippen LogP contribution in [-0.4, -0.2) is 9.78 Å². The molecule has 0 fully saturated rings. The van der Waals surface area contributed by atoms with E-state index in [2.05, 4.69) is 17.2 Å². The number of H-pyrrole nitrogens is 1. The van der Waals surface area contributed by atoms with E-state index >= 15 is 0 Å². The lowest BCUT2D eigenvalue weighted by Gasteiger charge is -2.01. The zero-order chi connectivity index (χ0) is 16.4. The Morgan fingerprint density at radius 2 is 1.57 bits per heavy atom. The van der Waals surface area contributed by atoms with E-state index in [9.17, 15) is 4.79 Å². The fourth-order valence-electron chi connectivity index (χ4n) is 2.91.